The van der Waals surface area contributed by atoms with Crippen molar-refractivity contribution in [3.05, 3.63) is 18.0 Å². The largest absolute Gasteiger partial charge is 0.364 e. The zero-order valence-electron chi connectivity index (χ0n) is 11.7. The highest BCUT2D eigenvalue weighted by atomic mass is 16.5. The van der Waals surface area contributed by atoms with Gasteiger partial charge in [-0.2, -0.15) is 0 Å². The summed E-state index contributed by atoms with van der Waals surface area (Å²) in [6.45, 7) is 5.17. The van der Waals surface area contributed by atoms with Gasteiger partial charge in [0.15, 0.2) is 0 Å². The first-order valence-corrected chi connectivity index (χ1v) is 5.88. The number of nitrogens with one attached hydrogen (secondary N) is 1. The molecular weight excluding hydrogens is 232 g/mol. The minimum Gasteiger partial charge on any atom is -0.364 e. The maximum atomic E-state index is 11.9. The summed E-state index contributed by atoms with van der Waals surface area (Å²) in [7, 11) is 5.71. The van der Waals surface area contributed by atoms with Gasteiger partial charge >= 0.3 is 6.03 Å². The van der Waals surface area contributed by atoms with Gasteiger partial charge in [0, 0.05) is 25.2 Å². The molecule has 1 rings (SSSR count). The summed E-state index contributed by atoms with van der Waals surface area (Å²) in [6, 6.07) is 1.63. The molecule has 0 fully saturated rings. The van der Waals surface area contributed by atoms with E-state index in [0.29, 0.717) is 13.1 Å². The second-order valence-corrected chi connectivity index (χ2v) is 5.21. The lowest BCUT2D eigenvalue weighted by atomic mass is 10.0. The molecule has 0 saturated heterocycles. The lowest BCUT2D eigenvalue weighted by molar-refractivity contribution is 0.173. The van der Waals surface area contributed by atoms with Crippen LogP contribution in [0.3, 0.4) is 0 Å². The van der Waals surface area contributed by atoms with Crippen molar-refractivity contribution in [1.29, 1.82) is 0 Å². The Morgan fingerprint density at radius 1 is 1.44 bits per heavy atom. The molecule has 6 nitrogen and oxygen atoms in total. The predicted octanol–water partition coefficient (Wildman–Crippen LogP) is 1.16. The van der Waals surface area contributed by atoms with Gasteiger partial charge in [-0.25, -0.2) is 4.79 Å². The first kappa shape index (κ1) is 14.5. The summed E-state index contributed by atoms with van der Waals surface area (Å²) in [5.41, 5.74) is 0.657. The van der Waals surface area contributed by atoms with Crippen molar-refractivity contribution < 1.29 is 9.32 Å². The van der Waals surface area contributed by atoms with E-state index in [1.807, 2.05) is 14.1 Å². The second-order valence-electron chi connectivity index (χ2n) is 5.21. The van der Waals surface area contributed by atoms with E-state index in [0.717, 1.165) is 5.69 Å². The van der Waals surface area contributed by atoms with Gasteiger partial charge in [0.05, 0.1) is 6.54 Å². The Balaban J connectivity index is 2.41. The van der Waals surface area contributed by atoms with Gasteiger partial charge in [-0.3, -0.25) is 0 Å². The van der Waals surface area contributed by atoms with Gasteiger partial charge in [0.1, 0.15) is 12.0 Å². The minimum absolute atomic E-state index is 0.0790. The topological polar surface area (TPSA) is 61.6 Å². The van der Waals surface area contributed by atoms with Crippen LogP contribution in [0.15, 0.2) is 16.9 Å². The molecule has 1 heterocycles. The van der Waals surface area contributed by atoms with Crippen molar-refractivity contribution in [3.63, 3.8) is 0 Å². The Morgan fingerprint density at radius 3 is 2.61 bits per heavy atom. The first-order valence-electron chi connectivity index (χ1n) is 5.88. The van der Waals surface area contributed by atoms with Crippen molar-refractivity contribution in [2.24, 2.45) is 0 Å². The smallest absolute Gasteiger partial charge is 0.317 e. The zero-order chi connectivity index (χ0) is 13.8. The number of hydrogen-bond donors (Lipinski definition) is 1. The molecule has 0 aliphatic heterocycles. The van der Waals surface area contributed by atoms with E-state index in [2.05, 4.69) is 29.2 Å². The monoisotopic (exact) mass is 254 g/mol. The quantitative estimate of drug-likeness (QED) is 0.856. The van der Waals surface area contributed by atoms with E-state index < -0.39 is 0 Å². The summed E-state index contributed by atoms with van der Waals surface area (Å²) in [6.07, 6.45) is 1.50. The summed E-state index contributed by atoms with van der Waals surface area (Å²) < 4.78 is 4.73. The van der Waals surface area contributed by atoms with Crippen LogP contribution in [0, 0.1) is 0 Å². The highest BCUT2D eigenvalue weighted by molar-refractivity contribution is 5.73. The molecule has 0 aliphatic rings. The molecule has 1 aromatic rings. The predicted molar refractivity (Wildman–Crippen MR) is 69.1 cm³/mol. The molecule has 0 radical (unpaired) electrons. The summed E-state index contributed by atoms with van der Waals surface area (Å²) in [5, 5.41) is 6.67. The van der Waals surface area contributed by atoms with E-state index in [9.17, 15) is 4.79 Å². The standard InChI is InChI=1S/C12H22N4O2/c1-12(2,15(3)4)9-13-11(17)16(5)8-10-6-7-18-14-10/h6-7H,8-9H2,1-5H3,(H,13,17). The van der Waals surface area contributed by atoms with Gasteiger partial charge in [0.2, 0.25) is 0 Å². The van der Waals surface area contributed by atoms with Gasteiger partial charge in [0.25, 0.3) is 0 Å². The summed E-state index contributed by atoms with van der Waals surface area (Å²) in [5.74, 6) is 0. The van der Waals surface area contributed by atoms with Crippen LogP contribution in [0.2, 0.25) is 0 Å². The lowest BCUT2D eigenvalue weighted by Gasteiger charge is -2.33. The van der Waals surface area contributed by atoms with Crippen molar-refractivity contribution in [2.45, 2.75) is 25.9 Å². The normalized spacial score (nSPS) is 11.7. The number of aromatic nitrogens is 1. The molecule has 0 aromatic carbocycles. The van der Waals surface area contributed by atoms with Gasteiger partial charge in [-0.1, -0.05) is 5.16 Å². The third kappa shape index (κ3) is 4.03. The number of likely N-dealkylation sites (N-methyl/N-ethyl adjacent to an activating group) is 1. The van der Waals surface area contributed by atoms with Crippen molar-refractivity contribution in [1.82, 2.24) is 20.3 Å². The van der Waals surface area contributed by atoms with Gasteiger partial charge in [-0.15, -0.1) is 0 Å². The molecule has 1 N–H and O–H groups in total. The fourth-order valence-corrected chi connectivity index (χ4v) is 1.22. The third-order valence-electron chi connectivity index (χ3n) is 3.12. The minimum atomic E-state index is -0.118. The van der Waals surface area contributed by atoms with Gasteiger partial charge < -0.3 is 19.6 Å². The fourth-order valence-electron chi connectivity index (χ4n) is 1.22. The van der Waals surface area contributed by atoms with Crippen LogP contribution in [0.25, 0.3) is 0 Å². The number of rotatable bonds is 5. The van der Waals surface area contributed by atoms with E-state index in [1.165, 1.54) is 6.26 Å². The molecule has 0 saturated carbocycles. The number of hydrogen-bond acceptors (Lipinski definition) is 4. The van der Waals surface area contributed by atoms with Crippen LogP contribution in [-0.4, -0.2) is 54.2 Å². The third-order valence-corrected chi connectivity index (χ3v) is 3.12. The Bertz CT molecular complexity index is 373. The lowest BCUT2D eigenvalue weighted by Crippen LogP contribution is -2.50. The molecule has 6 heteroatoms. The highest BCUT2D eigenvalue weighted by Gasteiger charge is 2.22. The molecule has 102 valence electrons. The second kappa shape index (κ2) is 5.86. The van der Waals surface area contributed by atoms with E-state index >= 15 is 0 Å². The van der Waals surface area contributed by atoms with E-state index in [1.54, 1.807) is 18.0 Å². The Hall–Kier alpha value is -1.56. The molecule has 0 bridgehead atoms. The van der Waals surface area contributed by atoms with Crippen molar-refractivity contribution >= 4 is 6.03 Å². The first-order chi connectivity index (χ1) is 8.33. The van der Waals surface area contributed by atoms with E-state index in [4.69, 9.17) is 4.52 Å². The Kier molecular flexibility index (Phi) is 4.72. The number of urea groups is 1. The summed E-state index contributed by atoms with van der Waals surface area (Å²) in [4.78, 5) is 15.5. The highest BCUT2D eigenvalue weighted by Crippen LogP contribution is 2.08. The van der Waals surface area contributed by atoms with Crippen LogP contribution in [0.1, 0.15) is 19.5 Å². The molecule has 0 atom stereocenters. The van der Waals surface area contributed by atoms with Crippen LogP contribution in [-0.2, 0) is 6.54 Å². The van der Waals surface area contributed by atoms with Crippen LogP contribution in [0.4, 0.5) is 4.79 Å². The number of carbonyl (C=O) groups excluding carboxylic acids is 1. The number of carbonyl (C=O) groups is 1. The maximum Gasteiger partial charge on any atom is 0.317 e. The van der Waals surface area contributed by atoms with Crippen LogP contribution >= 0.6 is 0 Å². The summed E-state index contributed by atoms with van der Waals surface area (Å²) >= 11 is 0. The number of amides is 2. The van der Waals surface area contributed by atoms with Crippen LogP contribution in [0.5, 0.6) is 0 Å². The van der Waals surface area contributed by atoms with E-state index in [-0.39, 0.29) is 11.6 Å². The maximum absolute atomic E-state index is 11.9. The molecule has 0 aliphatic carbocycles. The van der Waals surface area contributed by atoms with Gasteiger partial charge in [-0.05, 0) is 27.9 Å². The Morgan fingerprint density at radius 2 is 2.11 bits per heavy atom. The fraction of sp³-hybridized carbons (Fsp3) is 0.667. The molecule has 0 unspecified atom stereocenters. The molecule has 1 aromatic heterocycles. The van der Waals surface area contributed by atoms with Crippen LogP contribution < -0.4 is 5.32 Å². The van der Waals surface area contributed by atoms with Crippen molar-refractivity contribution in [2.75, 3.05) is 27.7 Å². The SMILES string of the molecule is CN(Cc1ccon1)C(=O)NCC(C)(C)N(C)C. The van der Waals surface area contributed by atoms with Crippen molar-refractivity contribution in [3.8, 4) is 0 Å². The average Bonchev–Trinajstić information content (AvgIpc) is 2.78. The number of nitrogens with zero attached hydrogens (tertiary/aromatic N) is 3. The molecule has 2 amide bonds. The molecular formula is C12H22N4O2. The Labute approximate surface area is 108 Å². The average molecular weight is 254 g/mol. The zero-order valence-corrected chi connectivity index (χ0v) is 11.7. The molecule has 18 heavy (non-hydrogen) atoms. The molecule has 0 spiro atoms.